The van der Waals surface area contributed by atoms with Gasteiger partial charge in [0.2, 0.25) is 17.7 Å². The van der Waals surface area contributed by atoms with Gasteiger partial charge in [0.1, 0.15) is 6.04 Å². The van der Waals surface area contributed by atoms with Crippen LogP contribution in [-0.2, 0) is 37.7 Å². The molecule has 1 aromatic carbocycles. The van der Waals surface area contributed by atoms with E-state index in [2.05, 4.69) is 11.4 Å². The fourth-order valence-electron chi connectivity index (χ4n) is 5.32. The van der Waals surface area contributed by atoms with E-state index in [4.69, 9.17) is 4.74 Å². The SMILES string of the molecule is CC(=O)N1CCC2(CC1)OCCc1cc3c(cc12)CN(C1CCC(=O)NC1=O)C3=O. The lowest BCUT2D eigenvalue weighted by Gasteiger charge is -2.45. The van der Waals surface area contributed by atoms with E-state index in [1.54, 1.807) is 11.8 Å². The van der Waals surface area contributed by atoms with Gasteiger partial charge in [0, 0.05) is 38.5 Å². The van der Waals surface area contributed by atoms with Crippen LogP contribution in [0.2, 0.25) is 0 Å². The number of rotatable bonds is 1. The Labute approximate surface area is 174 Å². The summed E-state index contributed by atoms with van der Waals surface area (Å²) in [6, 6.07) is 3.45. The van der Waals surface area contributed by atoms with E-state index in [9.17, 15) is 19.2 Å². The molecule has 30 heavy (non-hydrogen) atoms. The number of ether oxygens (including phenoxy) is 1. The number of nitrogens with one attached hydrogen (secondary N) is 1. The fraction of sp³-hybridized carbons (Fsp3) is 0.545. The largest absolute Gasteiger partial charge is 0.370 e. The van der Waals surface area contributed by atoms with E-state index in [0.29, 0.717) is 38.2 Å². The second-order valence-electron chi connectivity index (χ2n) is 8.67. The van der Waals surface area contributed by atoms with Gasteiger partial charge in [-0.15, -0.1) is 0 Å². The van der Waals surface area contributed by atoms with E-state index in [0.717, 1.165) is 36.0 Å². The van der Waals surface area contributed by atoms with Crippen LogP contribution in [0.25, 0.3) is 0 Å². The van der Waals surface area contributed by atoms with Gasteiger partial charge in [-0.05, 0) is 48.4 Å². The lowest BCUT2D eigenvalue weighted by Crippen LogP contribution is -2.52. The van der Waals surface area contributed by atoms with Crippen molar-refractivity contribution in [2.45, 2.75) is 57.2 Å². The number of hydrogen-bond acceptors (Lipinski definition) is 5. The molecule has 0 saturated carbocycles. The van der Waals surface area contributed by atoms with Crippen molar-refractivity contribution >= 4 is 23.6 Å². The maximum atomic E-state index is 13.1. The van der Waals surface area contributed by atoms with Crippen molar-refractivity contribution in [1.82, 2.24) is 15.1 Å². The molecule has 8 heteroatoms. The van der Waals surface area contributed by atoms with Crippen LogP contribution in [0.4, 0.5) is 0 Å². The third-order valence-corrected chi connectivity index (χ3v) is 7.00. The molecule has 8 nitrogen and oxygen atoms in total. The van der Waals surface area contributed by atoms with Crippen LogP contribution in [0.1, 0.15) is 59.7 Å². The lowest BCUT2D eigenvalue weighted by atomic mass is 9.78. The van der Waals surface area contributed by atoms with Gasteiger partial charge in [-0.3, -0.25) is 24.5 Å². The number of carbonyl (C=O) groups excluding carboxylic acids is 4. The monoisotopic (exact) mass is 411 g/mol. The van der Waals surface area contributed by atoms with Gasteiger partial charge in [-0.2, -0.15) is 0 Å². The molecule has 0 radical (unpaired) electrons. The van der Waals surface area contributed by atoms with Gasteiger partial charge in [-0.25, -0.2) is 0 Å². The maximum absolute atomic E-state index is 13.1. The fourth-order valence-corrected chi connectivity index (χ4v) is 5.32. The Balaban J connectivity index is 1.44. The molecule has 1 unspecified atom stereocenters. The first-order valence-electron chi connectivity index (χ1n) is 10.6. The number of benzene rings is 1. The second-order valence-corrected chi connectivity index (χ2v) is 8.67. The molecule has 0 bridgehead atoms. The summed E-state index contributed by atoms with van der Waals surface area (Å²) in [5.41, 5.74) is 3.38. The lowest BCUT2D eigenvalue weighted by molar-refractivity contribution is -0.139. The first-order valence-corrected chi connectivity index (χ1v) is 10.6. The smallest absolute Gasteiger partial charge is 0.255 e. The van der Waals surface area contributed by atoms with Gasteiger partial charge < -0.3 is 14.5 Å². The van der Waals surface area contributed by atoms with Gasteiger partial charge >= 0.3 is 0 Å². The summed E-state index contributed by atoms with van der Waals surface area (Å²) in [5, 5.41) is 2.34. The predicted octanol–water partition coefficient (Wildman–Crippen LogP) is 0.858. The highest BCUT2D eigenvalue weighted by atomic mass is 16.5. The van der Waals surface area contributed by atoms with Gasteiger partial charge in [0.05, 0.1) is 12.2 Å². The van der Waals surface area contributed by atoms with Crippen LogP contribution in [0.3, 0.4) is 0 Å². The van der Waals surface area contributed by atoms with Crippen LogP contribution in [-0.4, -0.2) is 59.2 Å². The third kappa shape index (κ3) is 2.93. The molecule has 1 spiro atoms. The van der Waals surface area contributed by atoms with Crippen molar-refractivity contribution in [3.63, 3.8) is 0 Å². The van der Waals surface area contributed by atoms with Crippen LogP contribution in [0, 0.1) is 0 Å². The Morgan fingerprint density at radius 2 is 1.90 bits per heavy atom. The minimum Gasteiger partial charge on any atom is -0.370 e. The van der Waals surface area contributed by atoms with Gasteiger partial charge in [-0.1, -0.05) is 6.07 Å². The van der Waals surface area contributed by atoms with Crippen molar-refractivity contribution in [2.75, 3.05) is 19.7 Å². The molecule has 4 amide bonds. The van der Waals surface area contributed by atoms with Crippen molar-refractivity contribution in [3.05, 3.63) is 34.4 Å². The van der Waals surface area contributed by atoms with Crippen LogP contribution >= 0.6 is 0 Å². The highest BCUT2D eigenvalue weighted by Crippen LogP contribution is 2.43. The van der Waals surface area contributed by atoms with Crippen LogP contribution in [0.15, 0.2) is 12.1 Å². The minimum atomic E-state index is -0.608. The molecule has 1 aromatic rings. The average Bonchev–Trinajstić information content (AvgIpc) is 3.03. The number of hydrogen-bond donors (Lipinski definition) is 1. The second kappa shape index (κ2) is 6.91. The Bertz CT molecular complexity index is 964. The molecule has 1 atom stereocenters. The highest BCUT2D eigenvalue weighted by Gasteiger charge is 2.44. The normalized spacial score (nSPS) is 25.2. The summed E-state index contributed by atoms with van der Waals surface area (Å²) >= 11 is 0. The standard InChI is InChI=1S/C22H25N3O5/c1-13(26)24-7-5-22(6-8-24)17-11-15-12-25(18-2-3-19(27)23-20(18)28)21(29)16(15)10-14(17)4-9-30-22/h10-11,18H,2-9,12H2,1H3,(H,23,27,28). The van der Waals surface area contributed by atoms with E-state index in [1.165, 1.54) is 0 Å². The molecule has 158 valence electrons. The number of likely N-dealkylation sites (tertiary alicyclic amines) is 1. The molecule has 2 fully saturated rings. The zero-order valence-corrected chi connectivity index (χ0v) is 17.0. The summed E-state index contributed by atoms with van der Waals surface area (Å²) in [4.78, 5) is 52.0. The Morgan fingerprint density at radius 3 is 2.60 bits per heavy atom. The van der Waals surface area contributed by atoms with E-state index in [1.807, 2.05) is 11.0 Å². The summed E-state index contributed by atoms with van der Waals surface area (Å²) in [5.74, 6) is -0.741. The molecular formula is C22H25N3O5. The molecule has 5 rings (SSSR count). The Kier molecular flexibility index (Phi) is 4.43. The van der Waals surface area contributed by atoms with Crippen molar-refractivity contribution in [2.24, 2.45) is 0 Å². The topological polar surface area (TPSA) is 96.0 Å². The van der Waals surface area contributed by atoms with Crippen LogP contribution in [0.5, 0.6) is 0 Å². The highest BCUT2D eigenvalue weighted by molar-refractivity contribution is 6.05. The molecule has 0 aliphatic carbocycles. The van der Waals surface area contributed by atoms with Crippen molar-refractivity contribution in [1.29, 1.82) is 0 Å². The molecule has 4 aliphatic rings. The number of fused-ring (bicyclic) bond motifs is 3. The predicted molar refractivity (Wildman–Crippen MR) is 105 cm³/mol. The quantitative estimate of drug-likeness (QED) is 0.692. The maximum Gasteiger partial charge on any atom is 0.255 e. The van der Waals surface area contributed by atoms with E-state index in [-0.39, 0.29) is 24.1 Å². The minimum absolute atomic E-state index is 0.0836. The molecule has 4 heterocycles. The zero-order chi connectivity index (χ0) is 21.0. The molecular weight excluding hydrogens is 386 g/mol. The van der Waals surface area contributed by atoms with Crippen LogP contribution < -0.4 is 5.32 Å². The first kappa shape index (κ1) is 19.2. The molecule has 2 saturated heterocycles. The summed E-state index contributed by atoms with van der Waals surface area (Å²) in [7, 11) is 0. The summed E-state index contributed by atoms with van der Waals surface area (Å²) in [6.07, 6.45) is 2.83. The first-order chi connectivity index (χ1) is 14.4. The zero-order valence-electron chi connectivity index (χ0n) is 17.0. The third-order valence-electron chi connectivity index (χ3n) is 7.00. The number of nitrogens with zero attached hydrogens (tertiary/aromatic N) is 2. The van der Waals surface area contributed by atoms with Crippen molar-refractivity contribution in [3.8, 4) is 0 Å². The Hall–Kier alpha value is -2.74. The Morgan fingerprint density at radius 1 is 1.13 bits per heavy atom. The van der Waals surface area contributed by atoms with E-state index >= 15 is 0 Å². The average molecular weight is 411 g/mol. The summed E-state index contributed by atoms with van der Waals surface area (Å²) in [6.45, 7) is 3.87. The number of piperidine rings is 2. The molecule has 4 aliphatic heterocycles. The number of imide groups is 1. The number of amides is 4. The summed E-state index contributed by atoms with van der Waals surface area (Å²) < 4.78 is 6.28. The van der Waals surface area contributed by atoms with Gasteiger partial charge in [0.25, 0.3) is 5.91 Å². The molecule has 0 aromatic heterocycles. The number of carbonyl (C=O) groups is 4. The molecule has 1 N–H and O–H groups in total. The van der Waals surface area contributed by atoms with E-state index < -0.39 is 17.6 Å². The van der Waals surface area contributed by atoms with Gasteiger partial charge in [0.15, 0.2) is 0 Å². The van der Waals surface area contributed by atoms with Crippen molar-refractivity contribution < 1.29 is 23.9 Å².